The van der Waals surface area contributed by atoms with Crippen LogP contribution in [-0.2, 0) is 14.8 Å². The monoisotopic (exact) mass is 529 g/mol. The van der Waals surface area contributed by atoms with Crippen LogP contribution in [0.4, 0.5) is 0 Å². The first-order valence-corrected chi connectivity index (χ1v) is 13.0. The number of para-hydroxylation sites is 1. The Morgan fingerprint density at radius 1 is 0.974 bits per heavy atom. The van der Waals surface area contributed by atoms with Crippen LogP contribution < -0.4 is 4.74 Å². The molecule has 5 aromatic rings. The molecule has 3 heterocycles. The van der Waals surface area contributed by atoms with Crippen molar-refractivity contribution in [2.75, 3.05) is 7.11 Å². The van der Waals surface area contributed by atoms with E-state index in [9.17, 15) is 23.4 Å². The molecule has 0 spiro atoms. The number of carbonyl (C=O) groups is 1. The summed E-state index contributed by atoms with van der Waals surface area (Å²) in [5.41, 5.74) is 3.58. The third-order valence-electron chi connectivity index (χ3n) is 6.23. The molecule has 0 radical (unpaired) electrons. The number of aryl methyl sites for hydroxylation is 1. The second-order valence-electron chi connectivity index (χ2n) is 8.70. The lowest BCUT2D eigenvalue weighted by atomic mass is 10.0. The van der Waals surface area contributed by atoms with Gasteiger partial charge in [0.1, 0.15) is 5.75 Å². The van der Waals surface area contributed by atoms with E-state index in [2.05, 4.69) is 9.97 Å². The van der Waals surface area contributed by atoms with Crippen molar-refractivity contribution in [1.82, 2.24) is 13.9 Å². The van der Waals surface area contributed by atoms with E-state index in [0.29, 0.717) is 33.4 Å². The van der Waals surface area contributed by atoms with Gasteiger partial charge in [-0.25, -0.2) is 22.2 Å². The molecule has 0 aliphatic heterocycles. The third-order valence-corrected chi connectivity index (χ3v) is 7.89. The highest BCUT2D eigenvalue weighted by Crippen LogP contribution is 2.38. The molecule has 5 rings (SSSR count). The van der Waals surface area contributed by atoms with Crippen LogP contribution in [0.5, 0.6) is 5.75 Å². The Balaban J connectivity index is 1.75. The molecule has 3 aromatic heterocycles. The van der Waals surface area contributed by atoms with Crippen LogP contribution in [0.3, 0.4) is 0 Å². The summed E-state index contributed by atoms with van der Waals surface area (Å²) in [4.78, 5) is 20.0. The number of aromatic nitrogens is 3. The zero-order valence-corrected chi connectivity index (χ0v) is 21.3. The predicted molar refractivity (Wildman–Crippen MR) is 141 cm³/mol. The quantitative estimate of drug-likeness (QED) is 0.316. The van der Waals surface area contributed by atoms with Crippen LogP contribution in [0.1, 0.15) is 17.2 Å². The highest BCUT2D eigenvalue weighted by Gasteiger charge is 2.25. The number of nitrogens with zero attached hydrogens (tertiary/aromatic N) is 3. The first kappa shape index (κ1) is 25.1. The molecule has 1 unspecified atom stereocenters. The van der Waals surface area contributed by atoms with Crippen molar-refractivity contribution in [3.8, 4) is 28.0 Å². The van der Waals surface area contributed by atoms with Gasteiger partial charge in [0.05, 0.1) is 12.0 Å². The van der Waals surface area contributed by atoms with Gasteiger partial charge in [-0.2, -0.15) is 0 Å². The van der Waals surface area contributed by atoms with Crippen LogP contribution >= 0.6 is 0 Å². The SMILES string of the molecule is COc1ccccc1-c1cn(S(=O)(=O)c2ccc(C)cc2)c2ncc(-c3cncc(C(O)C(=O)O)c3)cc12. The minimum Gasteiger partial charge on any atom is -0.496 e. The maximum Gasteiger partial charge on any atom is 0.337 e. The number of rotatable bonds is 7. The molecular formula is C28H23N3O6S. The molecule has 0 aliphatic carbocycles. The van der Waals surface area contributed by atoms with E-state index < -0.39 is 22.1 Å². The molecule has 192 valence electrons. The van der Waals surface area contributed by atoms with Gasteiger partial charge in [-0.15, -0.1) is 0 Å². The summed E-state index contributed by atoms with van der Waals surface area (Å²) in [6.07, 6.45) is 4.08. The van der Waals surface area contributed by atoms with Crippen molar-refractivity contribution in [3.05, 3.63) is 96.6 Å². The average Bonchev–Trinajstić information content (AvgIpc) is 3.32. The smallest absolute Gasteiger partial charge is 0.337 e. The van der Waals surface area contributed by atoms with Crippen molar-refractivity contribution in [1.29, 1.82) is 0 Å². The number of ether oxygens (including phenoxy) is 1. The summed E-state index contributed by atoms with van der Waals surface area (Å²) in [5.74, 6) is -0.840. The lowest BCUT2D eigenvalue weighted by Crippen LogP contribution is -2.12. The number of carboxylic acid groups (broad SMARTS) is 1. The zero-order valence-electron chi connectivity index (χ0n) is 20.4. The van der Waals surface area contributed by atoms with E-state index in [1.807, 2.05) is 25.1 Å². The maximum absolute atomic E-state index is 13.7. The number of methoxy groups -OCH3 is 1. The molecule has 0 bridgehead atoms. The number of aliphatic carboxylic acids is 1. The van der Waals surface area contributed by atoms with Crippen LogP contribution in [0, 0.1) is 6.92 Å². The van der Waals surface area contributed by atoms with Gasteiger partial charge in [0.15, 0.2) is 11.8 Å². The van der Waals surface area contributed by atoms with Crippen molar-refractivity contribution in [2.24, 2.45) is 0 Å². The maximum atomic E-state index is 13.7. The molecule has 2 aromatic carbocycles. The number of carboxylic acids is 1. The zero-order chi connectivity index (χ0) is 27.0. The fourth-order valence-corrected chi connectivity index (χ4v) is 5.56. The Kier molecular flexibility index (Phi) is 6.43. The molecule has 1 atom stereocenters. The van der Waals surface area contributed by atoms with Gasteiger partial charge < -0.3 is 14.9 Å². The summed E-state index contributed by atoms with van der Waals surface area (Å²) >= 11 is 0. The minimum atomic E-state index is -3.99. The fraction of sp³-hybridized carbons (Fsp3) is 0.107. The van der Waals surface area contributed by atoms with Gasteiger partial charge >= 0.3 is 5.97 Å². The first-order valence-electron chi connectivity index (χ1n) is 11.5. The van der Waals surface area contributed by atoms with E-state index in [1.54, 1.807) is 36.4 Å². The number of fused-ring (bicyclic) bond motifs is 1. The molecule has 0 fully saturated rings. The predicted octanol–water partition coefficient (Wildman–Crippen LogP) is 4.44. The van der Waals surface area contributed by atoms with E-state index in [4.69, 9.17) is 4.74 Å². The Bertz CT molecular complexity index is 1780. The topological polar surface area (TPSA) is 132 Å². The number of hydrogen-bond donors (Lipinski definition) is 2. The molecule has 2 N–H and O–H groups in total. The van der Waals surface area contributed by atoms with Gasteiger partial charge in [-0.05, 0) is 37.3 Å². The fourth-order valence-electron chi connectivity index (χ4n) is 4.23. The Labute approximate surface area is 218 Å². The van der Waals surface area contributed by atoms with Gasteiger partial charge in [-0.3, -0.25) is 4.98 Å². The Morgan fingerprint density at radius 3 is 2.39 bits per heavy atom. The van der Waals surface area contributed by atoms with E-state index >= 15 is 0 Å². The van der Waals surface area contributed by atoms with Crippen molar-refractivity contribution in [2.45, 2.75) is 17.9 Å². The van der Waals surface area contributed by atoms with E-state index in [-0.39, 0.29) is 16.1 Å². The lowest BCUT2D eigenvalue weighted by molar-refractivity contribution is -0.146. The number of aliphatic hydroxyl groups excluding tert-OH is 1. The van der Waals surface area contributed by atoms with Crippen LogP contribution in [0.25, 0.3) is 33.3 Å². The van der Waals surface area contributed by atoms with Gasteiger partial charge in [0, 0.05) is 58.0 Å². The summed E-state index contributed by atoms with van der Waals surface area (Å²) in [6.45, 7) is 1.88. The minimum absolute atomic E-state index is 0.111. The van der Waals surface area contributed by atoms with Gasteiger partial charge in [0.2, 0.25) is 0 Å². The van der Waals surface area contributed by atoms with Crippen molar-refractivity contribution in [3.63, 3.8) is 0 Å². The summed E-state index contributed by atoms with van der Waals surface area (Å²) in [6, 6.07) is 17.1. The molecule has 0 saturated carbocycles. The molecular weight excluding hydrogens is 506 g/mol. The van der Waals surface area contributed by atoms with Gasteiger partial charge in [-0.1, -0.05) is 35.9 Å². The summed E-state index contributed by atoms with van der Waals surface area (Å²) in [7, 11) is -2.45. The van der Waals surface area contributed by atoms with Gasteiger partial charge in [0.25, 0.3) is 10.0 Å². The molecule has 0 aliphatic rings. The Hall–Kier alpha value is -4.54. The van der Waals surface area contributed by atoms with Crippen molar-refractivity contribution >= 4 is 27.0 Å². The summed E-state index contributed by atoms with van der Waals surface area (Å²) in [5, 5.41) is 19.7. The molecule has 38 heavy (non-hydrogen) atoms. The van der Waals surface area contributed by atoms with Crippen molar-refractivity contribution < 1.29 is 28.2 Å². The normalized spacial score (nSPS) is 12.4. The molecule has 9 nitrogen and oxygen atoms in total. The first-order chi connectivity index (χ1) is 18.2. The number of hydrogen-bond acceptors (Lipinski definition) is 7. The lowest BCUT2D eigenvalue weighted by Gasteiger charge is -2.09. The van der Waals surface area contributed by atoms with Crippen LogP contribution in [0.2, 0.25) is 0 Å². The largest absolute Gasteiger partial charge is 0.496 e. The number of benzene rings is 2. The average molecular weight is 530 g/mol. The number of pyridine rings is 2. The highest BCUT2D eigenvalue weighted by atomic mass is 32.2. The van der Waals surface area contributed by atoms with Crippen LogP contribution in [-0.4, -0.2) is 45.7 Å². The van der Waals surface area contributed by atoms with E-state index in [0.717, 1.165) is 9.54 Å². The molecule has 0 amide bonds. The summed E-state index contributed by atoms with van der Waals surface area (Å²) < 4.78 is 34.1. The highest BCUT2D eigenvalue weighted by molar-refractivity contribution is 7.90. The second-order valence-corrected chi connectivity index (χ2v) is 10.5. The van der Waals surface area contributed by atoms with E-state index in [1.165, 1.54) is 38.0 Å². The molecule has 0 saturated heterocycles. The number of aliphatic hydroxyl groups is 1. The van der Waals surface area contributed by atoms with Crippen LogP contribution in [0.15, 0.2) is 90.3 Å². The molecule has 10 heteroatoms. The Morgan fingerprint density at radius 2 is 1.68 bits per heavy atom. The second kappa shape index (κ2) is 9.73. The third kappa shape index (κ3) is 4.40. The standard InChI is InChI=1S/C28H23N3O6S/c1-17-7-9-21(10-8-17)38(35,36)31-16-24(22-5-3-4-6-25(22)37-2)23-12-19(15-30-27(23)31)18-11-20(14-29-13-18)26(32)28(33)34/h3-16,26,32H,1-2H3,(H,33,34).